The predicted octanol–water partition coefficient (Wildman–Crippen LogP) is 4.52. The van der Waals surface area contributed by atoms with Crippen molar-refractivity contribution in [1.29, 1.82) is 0 Å². The highest BCUT2D eigenvalue weighted by molar-refractivity contribution is 4.47. The second kappa shape index (κ2) is 15.0. The van der Waals surface area contributed by atoms with E-state index in [-0.39, 0.29) is 0 Å². The van der Waals surface area contributed by atoms with Crippen LogP contribution < -0.4 is 5.32 Å². The summed E-state index contributed by atoms with van der Waals surface area (Å²) in [4.78, 5) is 0. The van der Waals surface area contributed by atoms with Crippen molar-refractivity contribution in [3.63, 3.8) is 0 Å². The van der Waals surface area contributed by atoms with E-state index in [0.717, 1.165) is 5.92 Å². The van der Waals surface area contributed by atoms with Crippen molar-refractivity contribution in [2.75, 3.05) is 13.1 Å². The van der Waals surface area contributed by atoms with Gasteiger partial charge in [-0.05, 0) is 25.2 Å². The molecule has 0 fully saturated rings. The van der Waals surface area contributed by atoms with E-state index in [0.29, 0.717) is 0 Å². The molecule has 0 aromatic rings. The quantitative estimate of drug-likeness (QED) is 0.440. The van der Waals surface area contributed by atoms with Crippen LogP contribution in [-0.2, 0) is 0 Å². The van der Waals surface area contributed by atoms with Crippen LogP contribution in [0.1, 0.15) is 91.4 Å². The molecule has 0 unspecified atom stereocenters. The Balaban J connectivity index is 2.90. The minimum atomic E-state index is 0.869. The van der Waals surface area contributed by atoms with Gasteiger partial charge in [-0.25, -0.2) is 0 Å². The summed E-state index contributed by atoms with van der Waals surface area (Å²) in [6, 6.07) is 0. The highest BCUT2D eigenvalue weighted by atomic mass is 14.8. The van der Waals surface area contributed by atoms with Crippen molar-refractivity contribution in [2.24, 2.45) is 5.92 Å². The topological polar surface area (TPSA) is 16.6 Å². The van der Waals surface area contributed by atoms with E-state index in [4.69, 9.17) is 0 Å². The average molecular weight is 256 g/mol. The van der Waals surface area contributed by atoms with Gasteiger partial charge in [-0.15, -0.1) is 0 Å². The number of unbranched alkanes of at least 4 members (excludes halogenated alkanes) is 9. The molecule has 0 aliphatic rings. The van der Waals surface area contributed by atoms with E-state index in [1.54, 1.807) is 0 Å². The number of nitrogens with two attached hydrogens (primary N) is 1. The van der Waals surface area contributed by atoms with E-state index in [1.165, 1.54) is 83.7 Å². The fourth-order valence-electron chi connectivity index (χ4n) is 2.37. The van der Waals surface area contributed by atoms with Crippen molar-refractivity contribution in [3.05, 3.63) is 0 Å². The Labute approximate surface area is 116 Å². The molecule has 18 heavy (non-hydrogen) atoms. The molecule has 1 heteroatoms. The molecule has 0 heterocycles. The molecular formula is C17H38N+. The zero-order valence-corrected chi connectivity index (χ0v) is 13.3. The van der Waals surface area contributed by atoms with Gasteiger partial charge in [-0.1, -0.05) is 72.1 Å². The summed E-state index contributed by atoms with van der Waals surface area (Å²) in [5.41, 5.74) is 0. The lowest BCUT2D eigenvalue weighted by atomic mass is 10.1. The van der Waals surface area contributed by atoms with Crippen molar-refractivity contribution in [2.45, 2.75) is 91.4 Å². The molecule has 0 aromatic heterocycles. The van der Waals surface area contributed by atoms with Crippen molar-refractivity contribution in [1.82, 2.24) is 0 Å². The van der Waals surface area contributed by atoms with Crippen LogP contribution in [0.15, 0.2) is 0 Å². The second-order valence-electron chi connectivity index (χ2n) is 6.23. The normalized spacial score (nSPS) is 11.3. The highest BCUT2D eigenvalue weighted by Gasteiger charge is 1.96. The van der Waals surface area contributed by atoms with Gasteiger partial charge in [-0.3, -0.25) is 0 Å². The lowest BCUT2D eigenvalue weighted by Crippen LogP contribution is -2.84. The van der Waals surface area contributed by atoms with E-state index in [9.17, 15) is 0 Å². The van der Waals surface area contributed by atoms with Crippen LogP contribution in [0, 0.1) is 5.92 Å². The number of hydrogen-bond donors (Lipinski definition) is 1. The third kappa shape index (κ3) is 16.0. The molecule has 0 spiro atoms. The summed E-state index contributed by atoms with van der Waals surface area (Å²) in [5.74, 6) is 0.869. The molecule has 1 nitrogen and oxygen atoms in total. The minimum Gasteiger partial charge on any atom is -0.346 e. The van der Waals surface area contributed by atoms with E-state index < -0.39 is 0 Å². The van der Waals surface area contributed by atoms with Gasteiger partial charge >= 0.3 is 0 Å². The van der Waals surface area contributed by atoms with Crippen molar-refractivity contribution >= 4 is 0 Å². The Morgan fingerprint density at radius 1 is 0.667 bits per heavy atom. The van der Waals surface area contributed by atoms with Gasteiger partial charge in [-0.2, -0.15) is 0 Å². The van der Waals surface area contributed by atoms with Crippen LogP contribution in [-0.4, -0.2) is 13.1 Å². The van der Waals surface area contributed by atoms with Crippen molar-refractivity contribution in [3.8, 4) is 0 Å². The van der Waals surface area contributed by atoms with Gasteiger partial charge < -0.3 is 5.32 Å². The first kappa shape index (κ1) is 18.0. The molecule has 0 aromatic carbocycles. The van der Waals surface area contributed by atoms with Crippen LogP contribution in [0.25, 0.3) is 0 Å². The Bertz CT molecular complexity index is 143. The molecule has 0 saturated heterocycles. The molecule has 0 saturated carbocycles. The molecule has 0 atom stereocenters. The molecule has 0 radical (unpaired) electrons. The minimum absolute atomic E-state index is 0.869. The first-order valence-corrected chi connectivity index (χ1v) is 8.59. The van der Waals surface area contributed by atoms with Gasteiger partial charge in [0.05, 0.1) is 13.1 Å². The Kier molecular flexibility index (Phi) is 15.0. The van der Waals surface area contributed by atoms with Crippen LogP contribution >= 0.6 is 0 Å². The van der Waals surface area contributed by atoms with Crippen molar-refractivity contribution < 1.29 is 5.32 Å². The predicted molar refractivity (Wildman–Crippen MR) is 83.0 cm³/mol. The first-order chi connectivity index (χ1) is 8.77. The smallest absolute Gasteiger partial charge is 0.0757 e. The van der Waals surface area contributed by atoms with E-state index in [2.05, 4.69) is 26.1 Å². The summed E-state index contributed by atoms with van der Waals surface area (Å²) in [7, 11) is 0. The maximum atomic E-state index is 2.50. The molecule has 2 N–H and O–H groups in total. The molecule has 0 bridgehead atoms. The van der Waals surface area contributed by atoms with Crippen LogP contribution in [0.5, 0.6) is 0 Å². The largest absolute Gasteiger partial charge is 0.346 e. The molecule has 0 rings (SSSR count). The third-order valence-electron chi connectivity index (χ3n) is 3.71. The summed E-state index contributed by atoms with van der Waals surface area (Å²) in [6.45, 7) is 9.60. The third-order valence-corrected chi connectivity index (χ3v) is 3.71. The van der Waals surface area contributed by atoms with Crippen LogP contribution in [0.3, 0.4) is 0 Å². The SMILES string of the molecule is CCCCCCCCCCCC[NH2+]CCC(C)C. The van der Waals surface area contributed by atoms with Gasteiger partial charge in [0.2, 0.25) is 0 Å². The lowest BCUT2D eigenvalue weighted by Gasteiger charge is -2.04. The summed E-state index contributed by atoms with van der Waals surface area (Å²) in [6.07, 6.45) is 15.9. The molecule has 110 valence electrons. The fourth-order valence-corrected chi connectivity index (χ4v) is 2.37. The van der Waals surface area contributed by atoms with E-state index in [1.807, 2.05) is 0 Å². The van der Waals surface area contributed by atoms with Crippen LogP contribution in [0.2, 0.25) is 0 Å². The Morgan fingerprint density at radius 3 is 1.67 bits per heavy atom. The summed E-state index contributed by atoms with van der Waals surface area (Å²) in [5, 5.41) is 2.50. The number of rotatable bonds is 14. The van der Waals surface area contributed by atoms with Gasteiger partial charge in [0, 0.05) is 0 Å². The highest BCUT2D eigenvalue weighted by Crippen LogP contribution is 2.09. The number of quaternary nitrogens is 1. The molecular weight excluding hydrogens is 218 g/mol. The van der Waals surface area contributed by atoms with Crippen LogP contribution in [0.4, 0.5) is 0 Å². The molecule has 0 aliphatic carbocycles. The van der Waals surface area contributed by atoms with E-state index >= 15 is 0 Å². The Hall–Kier alpha value is -0.0400. The zero-order chi connectivity index (χ0) is 13.5. The lowest BCUT2D eigenvalue weighted by molar-refractivity contribution is -0.656. The zero-order valence-electron chi connectivity index (χ0n) is 13.3. The molecule has 0 amide bonds. The van der Waals surface area contributed by atoms with Gasteiger partial charge in [0.15, 0.2) is 0 Å². The summed E-state index contributed by atoms with van der Waals surface area (Å²) >= 11 is 0. The summed E-state index contributed by atoms with van der Waals surface area (Å²) < 4.78 is 0. The fraction of sp³-hybridized carbons (Fsp3) is 1.00. The average Bonchev–Trinajstić information content (AvgIpc) is 2.34. The second-order valence-corrected chi connectivity index (χ2v) is 6.23. The maximum Gasteiger partial charge on any atom is 0.0757 e. The van der Waals surface area contributed by atoms with Gasteiger partial charge in [0.1, 0.15) is 0 Å². The standard InChI is InChI=1S/C17H37N/c1-4-5-6-7-8-9-10-11-12-13-15-18-16-14-17(2)3/h17-18H,4-16H2,1-3H3/p+1. The van der Waals surface area contributed by atoms with Gasteiger partial charge in [0.25, 0.3) is 0 Å². The monoisotopic (exact) mass is 256 g/mol. The number of hydrogen-bond acceptors (Lipinski definition) is 0. The first-order valence-electron chi connectivity index (χ1n) is 8.59. The maximum absolute atomic E-state index is 2.50. The Morgan fingerprint density at radius 2 is 1.17 bits per heavy atom. The molecule has 0 aliphatic heterocycles.